The quantitative estimate of drug-likeness (QED) is 0.327. The Morgan fingerprint density at radius 3 is 2.47 bits per heavy atom. The number of aliphatic hydroxyl groups is 1. The van der Waals surface area contributed by atoms with Crippen LogP contribution in [-0.2, 0) is 19.4 Å². The molecule has 2 rings (SSSR count). The summed E-state index contributed by atoms with van der Waals surface area (Å²) in [7, 11) is 1.61. The highest BCUT2D eigenvalue weighted by atomic mass is 19.3. The van der Waals surface area contributed by atoms with Crippen LogP contribution in [0.5, 0.6) is 0 Å². The van der Waals surface area contributed by atoms with Crippen LogP contribution in [0.3, 0.4) is 0 Å². The molecule has 0 saturated carbocycles. The maximum Gasteiger partial charge on any atom is 0.253 e. The molecule has 210 valence electrons. The van der Waals surface area contributed by atoms with Gasteiger partial charge in [0, 0.05) is 25.6 Å². The Balaban J connectivity index is 2.43. The van der Waals surface area contributed by atoms with Crippen molar-refractivity contribution in [3.05, 3.63) is 68.4 Å². The summed E-state index contributed by atoms with van der Waals surface area (Å²) >= 11 is 0. The van der Waals surface area contributed by atoms with Crippen LogP contribution in [0, 0.1) is 5.82 Å². The van der Waals surface area contributed by atoms with E-state index in [0.717, 1.165) is 6.42 Å². The molecule has 0 aliphatic heterocycles. The Kier molecular flexibility index (Phi) is 12.2. The van der Waals surface area contributed by atoms with E-state index in [1.807, 2.05) is 13.8 Å². The highest BCUT2D eigenvalue weighted by molar-refractivity contribution is 5.97. The number of halogens is 3. The molecular formula is C28H38F3N3O4. The zero-order valence-corrected chi connectivity index (χ0v) is 22.5. The molecule has 0 bridgehead atoms. The van der Waals surface area contributed by atoms with E-state index >= 15 is 0 Å². The molecule has 0 fully saturated rings. The van der Waals surface area contributed by atoms with Gasteiger partial charge >= 0.3 is 0 Å². The Labute approximate surface area is 221 Å². The lowest BCUT2D eigenvalue weighted by molar-refractivity contribution is 0.0249. The van der Waals surface area contributed by atoms with E-state index in [2.05, 4.69) is 5.32 Å². The molecule has 1 aromatic heterocycles. The maximum absolute atomic E-state index is 13.8. The van der Waals surface area contributed by atoms with Crippen molar-refractivity contribution in [2.45, 2.75) is 84.5 Å². The molecule has 0 radical (unpaired) electrons. The number of nitrogens with one attached hydrogen (secondary N) is 1. The summed E-state index contributed by atoms with van der Waals surface area (Å²) in [5, 5.41) is 12.8. The minimum atomic E-state index is -2.67. The molecule has 10 heteroatoms. The van der Waals surface area contributed by atoms with Crippen molar-refractivity contribution in [2.24, 2.45) is 0 Å². The summed E-state index contributed by atoms with van der Waals surface area (Å²) in [4.78, 5) is 40.3. The highest BCUT2D eigenvalue weighted by Gasteiger charge is 2.27. The normalized spacial score (nSPS) is 13.1. The van der Waals surface area contributed by atoms with Gasteiger partial charge in [0.25, 0.3) is 11.5 Å². The Hall–Kier alpha value is -2.98. The number of rotatable bonds is 15. The third-order valence-corrected chi connectivity index (χ3v) is 6.62. The number of benzene rings is 1. The molecule has 38 heavy (non-hydrogen) atoms. The molecule has 2 unspecified atom stereocenters. The number of likely N-dealkylation sites (N-methyl/N-ethyl adjacent to an activating group) is 1. The highest BCUT2D eigenvalue weighted by Crippen LogP contribution is 2.24. The summed E-state index contributed by atoms with van der Waals surface area (Å²) < 4.78 is 40.6. The number of carbonyl (C=O) groups excluding carboxylic acids is 2. The number of aromatic nitrogens is 1. The van der Waals surface area contributed by atoms with Gasteiger partial charge in [-0.25, -0.2) is 13.2 Å². The smallest absolute Gasteiger partial charge is 0.253 e. The molecule has 0 saturated heterocycles. The summed E-state index contributed by atoms with van der Waals surface area (Å²) in [5.41, 5.74) is 1.13. The fraction of sp³-hybridized carbons (Fsp3) is 0.536. The van der Waals surface area contributed by atoms with Crippen LogP contribution >= 0.6 is 0 Å². The summed E-state index contributed by atoms with van der Waals surface area (Å²) in [6.07, 6.45) is -2.13. The van der Waals surface area contributed by atoms with Gasteiger partial charge in [0.15, 0.2) is 6.29 Å². The van der Waals surface area contributed by atoms with Crippen LogP contribution in [-0.4, -0.2) is 52.9 Å². The third-order valence-electron chi connectivity index (χ3n) is 6.62. The second kappa shape index (κ2) is 14.8. The van der Waals surface area contributed by atoms with Crippen LogP contribution < -0.4 is 10.9 Å². The van der Waals surface area contributed by atoms with Gasteiger partial charge in [-0.05, 0) is 49.1 Å². The average Bonchev–Trinajstić information content (AvgIpc) is 2.87. The first kappa shape index (κ1) is 31.2. The van der Waals surface area contributed by atoms with Gasteiger partial charge in [0.1, 0.15) is 5.82 Å². The Morgan fingerprint density at radius 1 is 1.18 bits per heavy atom. The molecule has 2 N–H and O–H groups in total. The zero-order valence-electron chi connectivity index (χ0n) is 22.5. The number of nitrogens with zero attached hydrogens (tertiary/aromatic N) is 2. The summed E-state index contributed by atoms with van der Waals surface area (Å²) in [5.74, 6) is -0.859. The number of aliphatic hydroxyl groups excluding tert-OH is 1. The summed E-state index contributed by atoms with van der Waals surface area (Å²) in [6, 6.07) is 5.77. The van der Waals surface area contributed by atoms with Crippen LogP contribution in [0.1, 0.15) is 90.2 Å². The second-order valence-corrected chi connectivity index (χ2v) is 9.41. The van der Waals surface area contributed by atoms with Crippen molar-refractivity contribution in [3.63, 3.8) is 0 Å². The largest absolute Gasteiger partial charge is 0.392 e. The lowest BCUT2D eigenvalue weighted by Crippen LogP contribution is -2.42. The van der Waals surface area contributed by atoms with Gasteiger partial charge in [-0.3, -0.25) is 23.9 Å². The van der Waals surface area contributed by atoms with Crippen LogP contribution in [0.15, 0.2) is 29.1 Å². The van der Waals surface area contributed by atoms with Gasteiger partial charge < -0.3 is 10.4 Å². The standard InChI is InChI=1S/C28H38F3N3O4/c1-5-8-9-26(33(4)16-20(36)13-25(30)31)34-24(17-35)21(7-3)22(14-27(34)37)28(38)32-15-18-10-11-23(29)19(6-2)12-18/h10-12,14,17,20,25-26,36H,5-9,13,15-16H2,1-4H3,(H,32,38). The molecule has 1 heterocycles. The first-order valence-corrected chi connectivity index (χ1v) is 13.0. The Morgan fingerprint density at radius 2 is 1.89 bits per heavy atom. The third kappa shape index (κ3) is 8.01. The number of amides is 1. The number of aldehydes is 1. The monoisotopic (exact) mass is 537 g/mol. The molecule has 0 aliphatic rings. The average molecular weight is 538 g/mol. The molecule has 1 aromatic carbocycles. The van der Waals surface area contributed by atoms with E-state index in [1.54, 1.807) is 31.0 Å². The minimum absolute atomic E-state index is 0.0384. The van der Waals surface area contributed by atoms with E-state index in [-0.39, 0.29) is 36.6 Å². The maximum atomic E-state index is 13.8. The SMILES string of the molecule is CCCCC(N(C)CC(O)CC(F)F)n1c(C=O)c(CC)c(C(=O)NCc2ccc(F)c(CC)c2)cc1=O. The molecule has 2 atom stereocenters. The van der Waals surface area contributed by atoms with Crippen molar-refractivity contribution in [3.8, 4) is 0 Å². The first-order chi connectivity index (χ1) is 18.1. The van der Waals surface area contributed by atoms with Crippen LogP contribution in [0.2, 0.25) is 0 Å². The number of hydrogen-bond acceptors (Lipinski definition) is 5. The number of hydrogen-bond donors (Lipinski definition) is 2. The zero-order chi connectivity index (χ0) is 28.4. The number of pyridine rings is 1. The lowest BCUT2D eigenvalue weighted by atomic mass is 10.0. The van der Waals surface area contributed by atoms with Gasteiger partial charge in [0.05, 0.1) is 23.5 Å². The topological polar surface area (TPSA) is 91.6 Å². The molecule has 7 nitrogen and oxygen atoms in total. The van der Waals surface area contributed by atoms with E-state index in [1.165, 1.54) is 16.7 Å². The minimum Gasteiger partial charge on any atom is -0.392 e. The fourth-order valence-electron chi connectivity index (χ4n) is 4.65. The van der Waals surface area contributed by atoms with Gasteiger partial charge in [-0.15, -0.1) is 0 Å². The predicted octanol–water partition coefficient (Wildman–Crippen LogP) is 4.49. The van der Waals surface area contributed by atoms with Crippen molar-refractivity contribution >= 4 is 12.2 Å². The number of unbranched alkanes of at least 4 members (excludes halogenated alkanes) is 1. The van der Waals surface area contributed by atoms with Crippen molar-refractivity contribution in [1.82, 2.24) is 14.8 Å². The number of carbonyl (C=O) groups is 2. The fourth-order valence-corrected chi connectivity index (χ4v) is 4.65. The Bertz CT molecular complexity index is 1150. The van der Waals surface area contributed by atoms with E-state index in [4.69, 9.17) is 0 Å². The van der Waals surface area contributed by atoms with Gasteiger partial charge in [-0.2, -0.15) is 0 Å². The van der Waals surface area contributed by atoms with E-state index < -0.39 is 36.6 Å². The molecule has 2 aromatic rings. The van der Waals surface area contributed by atoms with Crippen molar-refractivity contribution in [2.75, 3.05) is 13.6 Å². The number of aryl methyl sites for hydroxylation is 1. The summed E-state index contributed by atoms with van der Waals surface area (Å²) in [6.45, 7) is 5.54. The molecular weight excluding hydrogens is 499 g/mol. The molecule has 0 spiro atoms. The molecule has 0 aliphatic carbocycles. The van der Waals surface area contributed by atoms with Gasteiger partial charge in [0.2, 0.25) is 6.43 Å². The molecule has 1 amide bonds. The second-order valence-electron chi connectivity index (χ2n) is 9.41. The van der Waals surface area contributed by atoms with E-state index in [9.17, 15) is 32.7 Å². The van der Waals surface area contributed by atoms with Crippen LogP contribution in [0.4, 0.5) is 13.2 Å². The lowest BCUT2D eigenvalue weighted by Gasteiger charge is -2.33. The van der Waals surface area contributed by atoms with Crippen molar-refractivity contribution in [1.29, 1.82) is 0 Å². The predicted molar refractivity (Wildman–Crippen MR) is 140 cm³/mol. The van der Waals surface area contributed by atoms with Crippen molar-refractivity contribution < 1.29 is 27.9 Å². The van der Waals surface area contributed by atoms with Crippen LogP contribution in [0.25, 0.3) is 0 Å². The van der Waals surface area contributed by atoms with Gasteiger partial charge in [-0.1, -0.05) is 45.7 Å². The van der Waals surface area contributed by atoms with E-state index in [0.29, 0.717) is 42.2 Å². The first-order valence-electron chi connectivity index (χ1n) is 13.0. The number of alkyl halides is 2.